The zero-order valence-electron chi connectivity index (χ0n) is 9.82. The van der Waals surface area contributed by atoms with E-state index in [4.69, 9.17) is 5.73 Å². The summed E-state index contributed by atoms with van der Waals surface area (Å²) in [5.74, 6) is 0. The van der Waals surface area contributed by atoms with Crippen LogP contribution in [-0.2, 0) is 6.42 Å². The summed E-state index contributed by atoms with van der Waals surface area (Å²) in [5.41, 5.74) is 10.1. The van der Waals surface area contributed by atoms with Crippen LogP contribution in [0, 0.1) is 6.92 Å². The van der Waals surface area contributed by atoms with Crippen molar-refractivity contribution in [3.05, 3.63) is 56.2 Å². The minimum Gasteiger partial charge on any atom is -0.324 e. The lowest BCUT2D eigenvalue weighted by Gasteiger charge is -2.14. The Morgan fingerprint density at radius 2 is 2.18 bits per heavy atom. The lowest BCUT2D eigenvalue weighted by molar-refractivity contribution is 0.649. The van der Waals surface area contributed by atoms with Gasteiger partial charge in [-0.2, -0.15) is 11.3 Å². The number of halogens is 1. The SMILES string of the molecule is Cc1ccc(Br)c(C(N)CCc2ccsc2)c1. The van der Waals surface area contributed by atoms with E-state index in [1.807, 2.05) is 0 Å². The predicted molar refractivity (Wildman–Crippen MR) is 78.4 cm³/mol. The van der Waals surface area contributed by atoms with Crippen molar-refractivity contribution in [1.82, 2.24) is 0 Å². The number of nitrogens with two attached hydrogens (primary N) is 1. The van der Waals surface area contributed by atoms with Gasteiger partial charge in [0.2, 0.25) is 0 Å². The monoisotopic (exact) mass is 309 g/mol. The summed E-state index contributed by atoms with van der Waals surface area (Å²) < 4.78 is 1.11. The molecule has 0 fully saturated rings. The van der Waals surface area contributed by atoms with Crippen molar-refractivity contribution in [2.24, 2.45) is 5.73 Å². The molecule has 2 aromatic rings. The average molecular weight is 310 g/mol. The van der Waals surface area contributed by atoms with E-state index in [2.05, 4.69) is 57.9 Å². The van der Waals surface area contributed by atoms with Crippen LogP contribution in [0.15, 0.2) is 39.5 Å². The molecule has 17 heavy (non-hydrogen) atoms. The van der Waals surface area contributed by atoms with Gasteiger partial charge in [0.1, 0.15) is 0 Å². The second kappa shape index (κ2) is 5.80. The Labute approximate surface area is 115 Å². The maximum absolute atomic E-state index is 6.25. The summed E-state index contributed by atoms with van der Waals surface area (Å²) in [5, 5.41) is 4.31. The van der Waals surface area contributed by atoms with E-state index in [1.165, 1.54) is 16.7 Å². The number of aryl methyl sites for hydroxylation is 2. The number of benzene rings is 1. The number of thiophene rings is 1. The first-order valence-electron chi connectivity index (χ1n) is 5.69. The van der Waals surface area contributed by atoms with Gasteiger partial charge in [0.15, 0.2) is 0 Å². The summed E-state index contributed by atoms with van der Waals surface area (Å²) in [7, 11) is 0. The van der Waals surface area contributed by atoms with E-state index in [9.17, 15) is 0 Å². The van der Waals surface area contributed by atoms with Gasteiger partial charge in [0, 0.05) is 10.5 Å². The summed E-state index contributed by atoms with van der Waals surface area (Å²) in [6, 6.07) is 8.61. The molecule has 2 rings (SSSR count). The van der Waals surface area contributed by atoms with Gasteiger partial charge in [-0.15, -0.1) is 0 Å². The summed E-state index contributed by atoms with van der Waals surface area (Å²) in [4.78, 5) is 0. The molecule has 0 saturated carbocycles. The Hall–Kier alpha value is -0.640. The molecule has 2 N–H and O–H groups in total. The molecule has 1 aromatic heterocycles. The molecule has 0 amide bonds. The van der Waals surface area contributed by atoms with Crippen molar-refractivity contribution in [3.63, 3.8) is 0 Å². The van der Waals surface area contributed by atoms with Gasteiger partial charge in [0.05, 0.1) is 0 Å². The second-order valence-corrected chi connectivity index (χ2v) is 5.94. The van der Waals surface area contributed by atoms with Crippen molar-refractivity contribution in [2.45, 2.75) is 25.8 Å². The van der Waals surface area contributed by atoms with Gasteiger partial charge in [-0.1, -0.05) is 33.6 Å². The Morgan fingerprint density at radius 3 is 2.88 bits per heavy atom. The van der Waals surface area contributed by atoms with E-state index in [0.717, 1.165) is 17.3 Å². The van der Waals surface area contributed by atoms with Gasteiger partial charge in [-0.25, -0.2) is 0 Å². The Kier molecular flexibility index (Phi) is 4.37. The van der Waals surface area contributed by atoms with Crippen molar-refractivity contribution < 1.29 is 0 Å². The second-order valence-electron chi connectivity index (χ2n) is 4.30. The van der Waals surface area contributed by atoms with Gasteiger partial charge >= 0.3 is 0 Å². The fourth-order valence-electron chi connectivity index (χ4n) is 1.86. The first-order valence-corrected chi connectivity index (χ1v) is 7.43. The van der Waals surface area contributed by atoms with Crippen LogP contribution in [0.1, 0.15) is 29.2 Å². The molecule has 0 saturated heterocycles. The lowest BCUT2D eigenvalue weighted by Crippen LogP contribution is -2.12. The summed E-state index contributed by atoms with van der Waals surface area (Å²) >= 11 is 5.31. The van der Waals surface area contributed by atoms with Gasteiger partial charge < -0.3 is 5.73 Å². The van der Waals surface area contributed by atoms with Crippen molar-refractivity contribution in [2.75, 3.05) is 0 Å². The van der Waals surface area contributed by atoms with Crippen LogP contribution in [0.5, 0.6) is 0 Å². The fraction of sp³-hybridized carbons (Fsp3) is 0.286. The van der Waals surface area contributed by atoms with Crippen molar-refractivity contribution >= 4 is 27.3 Å². The predicted octanol–water partition coefficient (Wildman–Crippen LogP) is 4.45. The van der Waals surface area contributed by atoms with E-state index in [1.54, 1.807) is 11.3 Å². The molecule has 1 unspecified atom stereocenters. The van der Waals surface area contributed by atoms with Gasteiger partial charge in [-0.3, -0.25) is 0 Å². The van der Waals surface area contributed by atoms with Gasteiger partial charge in [-0.05, 0) is 53.8 Å². The highest BCUT2D eigenvalue weighted by Crippen LogP contribution is 2.26. The molecular weight excluding hydrogens is 294 g/mol. The fourth-order valence-corrected chi connectivity index (χ4v) is 3.10. The molecule has 90 valence electrons. The molecule has 1 nitrogen and oxygen atoms in total. The quantitative estimate of drug-likeness (QED) is 0.887. The van der Waals surface area contributed by atoms with Crippen LogP contribution >= 0.6 is 27.3 Å². The molecule has 0 aliphatic heterocycles. The molecule has 0 aliphatic carbocycles. The van der Waals surface area contributed by atoms with Crippen LogP contribution in [0.4, 0.5) is 0 Å². The van der Waals surface area contributed by atoms with Crippen LogP contribution < -0.4 is 5.73 Å². The van der Waals surface area contributed by atoms with Crippen LogP contribution in [-0.4, -0.2) is 0 Å². The highest BCUT2D eigenvalue weighted by Gasteiger charge is 2.10. The molecule has 0 spiro atoms. The van der Waals surface area contributed by atoms with E-state index < -0.39 is 0 Å². The molecule has 1 heterocycles. The average Bonchev–Trinajstić information content (AvgIpc) is 2.82. The van der Waals surface area contributed by atoms with Crippen LogP contribution in [0.3, 0.4) is 0 Å². The zero-order valence-corrected chi connectivity index (χ0v) is 12.2. The molecular formula is C14H16BrNS. The topological polar surface area (TPSA) is 26.0 Å². The third-order valence-corrected chi connectivity index (χ3v) is 4.33. The Balaban J connectivity index is 2.04. The van der Waals surface area contributed by atoms with E-state index >= 15 is 0 Å². The first-order chi connectivity index (χ1) is 8.16. The Morgan fingerprint density at radius 1 is 1.35 bits per heavy atom. The van der Waals surface area contributed by atoms with Gasteiger partial charge in [0.25, 0.3) is 0 Å². The number of hydrogen-bond acceptors (Lipinski definition) is 2. The summed E-state index contributed by atoms with van der Waals surface area (Å²) in [6.45, 7) is 2.10. The minimum atomic E-state index is 0.101. The molecule has 3 heteroatoms. The highest BCUT2D eigenvalue weighted by atomic mass is 79.9. The Bertz CT molecular complexity index is 479. The van der Waals surface area contributed by atoms with E-state index in [0.29, 0.717) is 0 Å². The third kappa shape index (κ3) is 3.41. The molecule has 0 bridgehead atoms. The van der Waals surface area contributed by atoms with Crippen LogP contribution in [0.25, 0.3) is 0 Å². The van der Waals surface area contributed by atoms with Crippen molar-refractivity contribution in [1.29, 1.82) is 0 Å². The summed E-state index contributed by atoms with van der Waals surface area (Å²) in [6.07, 6.45) is 2.03. The largest absolute Gasteiger partial charge is 0.324 e. The maximum Gasteiger partial charge on any atom is 0.0309 e. The van der Waals surface area contributed by atoms with Crippen molar-refractivity contribution in [3.8, 4) is 0 Å². The standard InChI is InChI=1S/C14H16BrNS/c1-10-2-4-13(15)12(8-10)14(16)5-3-11-6-7-17-9-11/h2,4,6-9,14H,3,5,16H2,1H3. The molecule has 0 radical (unpaired) electrons. The minimum absolute atomic E-state index is 0.101. The zero-order chi connectivity index (χ0) is 12.3. The first kappa shape index (κ1) is 12.8. The number of hydrogen-bond donors (Lipinski definition) is 1. The smallest absolute Gasteiger partial charge is 0.0309 e. The molecule has 1 atom stereocenters. The lowest BCUT2D eigenvalue weighted by atomic mass is 9.99. The number of rotatable bonds is 4. The normalized spacial score (nSPS) is 12.6. The maximum atomic E-state index is 6.25. The van der Waals surface area contributed by atoms with E-state index in [-0.39, 0.29) is 6.04 Å². The third-order valence-electron chi connectivity index (χ3n) is 2.88. The van der Waals surface area contributed by atoms with Crippen LogP contribution in [0.2, 0.25) is 0 Å². The molecule has 0 aliphatic rings. The molecule has 1 aromatic carbocycles. The highest BCUT2D eigenvalue weighted by molar-refractivity contribution is 9.10.